The average Bonchev–Trinajstić information content (AvgIpc) is 3.29. The molecule has 0 saturated carbocycles. The molecule has 3 rings (SSSR count). The van der Waals surface area contributed by atoms with Crippen molar-refractivity contribution in [2.24, 2.45) is 0 Å². The highest BCUT2D eigenvalue weighted by Crippen LogP contribution is 2.32. The van der Waals surface area contributed by atoms with Crippen LogP contribution in [-0.4, -0.2) is 37.1 Å². The van der Waals surface area contributed by atoms with E-state index in [0.29, 0.717) is 31.5 Å². The SMILES string of the molecule is CN(Cc1ccc2c(c1)OCO2)C(=O)CCCNC(=O)c1ccsc1. The molecule has 2 heterocycles. The molecule has 7 heteroatoms. The van der Waals surface area contributed by atoms with Crippen molar-refractivity contribution in [2.45, 2.75) is 19.4 Å². The van der Waals surface area contributed by atoms with E-state index in [1.807, 2.05) is 23.6 Å². The van der Waals surface area contributed by atoms with E-state index in [1.54, 1.807) is 23.4 Å². The van der Waals surface area contributed by atoms with Crippen LogP contribution in [0.15, 0.2) is 35.0 Å². The van der Waals surface area contributed by atoms with E-state index in [1.165, 1.54) is 11.3 Å². The van der Waals surface area contributed by atoms with Crippen LogP contribution in [0.2, 0.25) is 0 Å². The number of benzene rings is 1. The zero-order valence-corrected chi connectivity index (χ0v) is 14.8. The molecule has 1 aromatic heterocycles. The van der Waals surface area contributed by atoms with Gasteiger partial charge in [-0.3, -0.25) is 9.59 Å². The Bertz CT molecular complexity index is 746. The second-order valence-electron chi connectivity index (χ2n) is 5.81. The third-order valence-electron chi connectivity index (χ3n) is 3.92. The second kappa shape index (κ2) is 8.02. The van der Waals surface area contributed by atoms with Crippen LogP contribution in [0.25, 0.3) is 0 Å². The summed E-state index contributed by atoms with van der Waals surface area (Å²) in [6, 6.07) is 7.46. The van der Waals surface area contributed by atoms with Gasteiger partial charge in [-0.1, -0.05) is 6.07 Å². The van der Waals surface area contributed by atoms with Crippen LogP contribution in [0.1, 0.15) is 28.8 Å². The molecule has 132 valence electrons. The Balaban J connectivity index is 1.40. The molecule has 0 bridgehead atoms. The summed E-state index contributed by atoms with van der Waals surface area (Å²) < 4.78 is 10.6. The third-order valence-corrected chi connectivity index (χ3v) is 4.60. The van der Waals surface area contributed by atoms with Crippen LogP contribution in [-0.2, 0) is 11.3 Å². The Morgan fingerprint density at radius 1 is 1.24 bits per heavy atom. The smallest absolute Gasteiger partial charge is 0.252 e. The lowest BCUT2D eigenvalue weighted by atomic mass is 10.2. The van der Waals surface area contributed by atoms with Crippen molar-refractivity contribution in [1.29, 1.82) is 0 Å². The monoisotopic (exact) mass is 360 g/mol. The molecule has 25 heavy (non-hydrogen) atoms. The summed E-state index contributed by atoms with van der Waals surface area (Å²) >= 11 is 1.49. The van der Waals surface area contributed by atoms with Crippen molar-refractivity contribution in [2.75, 3.05) is 20.4 Å². The summed E-state index contributed by atoms with van der Waals surface area (Å²) in [6.45, 7) is 1.24. The molecule has 0 fully saturated rings. The van der Waals surface area contributed by atoms with Gasteiger partial charge in [-0.15, -0.1) is 0 Å². The quantitative estimate of drug-likeness (QED) is 0.771. The number of rotatable bonds is 7. The predicted molar refractivity (Wildman–Crippen MR) is 94.9 cm³/mol. The van der Waals surface area contributed by atoms with Crippen molar-refractivity contribution in [1.82, 2.24) is 10.2 Å². The van der Waals surface area contributed by atoms with E-state index in [0.717, 1.165) is 17.1 Å². The van der Waals surface area contributed by atoms with E-state index >= 15 is 0 Å². The lowest BCUT2D eigenvalue weighted by molar-refractivity contribution is -0.130. The first-order chi connectivity index (χ1) is 12.1. The number of nitrogens with one attached hydrogen (secondary N) is 1. The maximum absolute atomic E-state index is 12.2. The molecule has 0 aliphatic carbocycles. The van der Waals surface area contributed by atoms with Gasteiger partial charge in [0.25, 0.3) is 5.91 Å². The average molecular weight is 360 g/mol. The highest BCUT2D eigenvalue weighted by Gasteiger charge is 2.15. The summed E-state index contributed by atoms with van der Waals surface area (Å²) in [6.07, 6.45) is 1.01. The number of amides is 2. The topological polar surface area (TPSA) is 67.9 Å². The third kappa shape index (κ3) is 4.51. The van der Waals surface area contributed by atoms with Crippen molar-refractivity contribution in [3.8, 4) is 11.5 Å². The van der Waals surface area contributed by atoms with E-state index in [2.05, 4.69) is 5.32 Å². The molecule has 1 aromatic carbocycles. The number of hydrogen-bond donors (Lipinski definition) is 1. The lowest BCUT2D eigenvalue weighted by Crippen LogP contribution is -2.28. The first-order valence-electron chi connectivity index (χ1n) is 8.06. The molecule has 0 saturated heterocycles. The Kier molecular flexibility index (Phi) is 5.55. The molecule has 2 amide bonds. The van der Waals surface area contributed by atoms with Crippen LogP contribution >= 0.6 is 11.3 Å². The molecule has 6 nitrogen and oxygen atoms in total. The standard InChI is InChI=1S/C18H20N2O4S/c1-20(10-13-4-5-15-16(9-13)24-12-23-15)17(21)3-2-7-19-18(22)14-6-8-25-11-14/h4-6,8-9,11H,2-3,7,10,12H2,1H3,(H,19,22). The minimum atomic E-state index is -0.0950. The maximum Gasteiger partial charge on any atom is 0.252 e. The normalized spacial score (nSPS) is 12.0. The summed E-state index contributed by atoms with van der Waals surface area (Å²) in [5.74, 6) is 1.40. The van der Waals surface area contributed by atoms with Gasteiger partial charge in [0, 0.05) is 37.5 Å². The molecule has 0 atom stereocenters. The lowest BCUT2D eigenvalue weighted by Gasteiger charge is -2.17. The van der Waals surface area contributed by atoms with Gasteiger partial charge in [0.2, 0.25) is 12.7 Å². The Morgan fingerprint density at radius 2 is 2.08 bits per heavy atom. The van der Waals surface area contributed by atoms with Gasteiger partial charge >= 0.3 is 0 Å². The van der Waals surface area contributed by atoms with Crippen molar-refractivity contribution < 1.29 is 19.1 Å². The number of fused-ring (bicyclic) bond motifs is 1. The van der Waals surface area contributed by atoms with Crippen LogP contribution in [0.3, 0.4) is 0 Å². The van der Waals surface area contributed by atoms with Gasteiger partial charge in [0.15, 0.2) is 11.5 Å². The zero-order chi connectivity index (χ0) is 17.6. The van der Waals surface area contributed by atoms with Gasteiger partial charge in [-0.05, 0) is 35.6 Å². The first-order valence-corrected chi connectivity index (χ1v) is 9.00. The molecular weight excluding hydrogens is 340 g/mol. The fourth-order valence-corrected chi connectivity index (χ4v) is 3.17. The number of thiophene rings is 1. The van der Waals surface area contributed by atoms with E-state index in [4.69, 9.17) is 9.47 Å². The molecule has 1 aliphatic rings. The highest BCUT2D eigenvalue weighted by atomic mass is 32.1. The zero-order valence-electron chi connectivity index (χ0n) is 14.0. The van der Waals surface area contributed by atoms with Gasteiger partial charge < -0.3 is 19.7 Å². The van der Waals surface area contributed by atoms with Gasteiger partial charge in [-0.2, -0.15) is 11.3 Å². The number of carbonyl (C=O) groups excluding carboxylic acids is 2. The highest BCUT2D eigenvalue weighted by molar-refractivity contribution is 7.08. The number of hydrogen-bond acceptors (Lipinski definition) is 5. The van der Waals surface area contributed by atoms with Crippen LogP contribution in [0.5, 0.6) is 11.5 Å². The molecular formula is C18H20N2O4S. The number of ether oxygens (including phenoxy) is 2. The second-order valence-corrected chi connectivity index (χ2v) is 6.59. The molecule has 2 aromatic rings. The van der Waals surface area contributed by atoms with E-state index < -0.39 is 0 Å². The van der Waals surface area contributed by atoms with Gasteiger partial charge in [0.05, 0.1) is 0 Å². The van der Waals surface area contributed by atoms with Gasteiger partial charge in [0.1, 0.15) is 0 Å². The summed E-state index contributed by atoms with van der Waals surface area (Å²) in [5, 5.41) is 6.49. The summed E-state index contributed by atoms with van der Waals surface area (Å²) in [7, 11) is 1.77. The summed E-state index contributed by atoms with van der Waals surface area (Å²) in [4.78, 5) is 25.7. The van der Waals surface area contributed by atoms with Gasteiger partial charge in [-0.25, -0.2) is 0 Å². The number of nitrogens with zero attached hydrogens (tertiary/aromatic N) is 1. The molecule has 0 unspecified atom stereocenters. The Hall–Kier alpha value is -2.54. The Morgan fingerprint density at radius 3 is 2.88 bits per heavy atom. The Labute approximate surface area is 150 Å². The van der Waals surface area contributed by atoms with E-state index in [9.17, 15) is 9.59 Å². The van der Waals surface area contributed by atoms with Crippen LogP contribution in [0, 0.1) is 0 Å². The van der Waals surface area contributed by atoms with Crippen molar-refractivity contribution in [3.05, 3.63) is 46.2 Å². The molecule has 1 N–H and O–H groups in total. The first kappa shape index (κ1) is 17.3. The predicted octanol–water partition coefficient (Wildman–Crippen LogP) is 2.65. The fraction of sp³-hybridized carbons (Fsp3) is 0.333. The minimum absolute atomic E-state index is 0.0439. The summed E-state index contributed by atoms with van der Waals surface area (Å²) in [5.41, 5.74) is 1.65. The number of carbonyl (C=O) groups is 2. The molecule has 0 radical (unpaired) electrons. The minimum Gasteiger partial charge on any atom is -0.454 e. The maximum atomic E-state index is 12.2. The fourth-order valence-electron chi connectivity index (χ4n) is 2.53. The molecule has 1 aliphatic heterocycles. The van der Waals surface area contributed by atoms with Crippen LogP contribution < -0.4 is 14.8 Å². The molecule has 0 spiro atoms. The van der Waals surface area contributed by atoms with E-state index in [-0.39, 0.29) is 18.6 Å². The van der Waals surface area contributed by atoms with Crippen molar-refractivity contribution in [3.63, 3.8) is 0 Å². The van der Waals surface area contributed by atoms with Crippen LogP contribution in [0.4, 0.5) is 0 Å². The largest absolute Gasteiger partial charge is 0.454 e. The van der Waals surface area contributed by atoms with Crippen molar-refractivity contribution >= 4 is 23.2 Å².